The van der Waals surface area contributed by atoms with Crippen molar-refractivity contribution in [2.45, 2.75) is 26.7 Å². The second-order valence-corrected chi connectivity index (χ2v) is 7.41. The van der Waals surface area contributed by atoms with Crippen LogP contribution in [0.1, 0.15) is 37.0 Å². The van der Waals surface area contributed by atoms with E-state index in [1.165, 1.54) is 31.1 Å². The number of nitrogens with zero attached hydrogens (tertiary/aromatic N) is 1. The highest BCUT2D eigenvalue weighted by atomic mass is 31.1. The summed E-state index contributed by atoms with van der Waals surface area (Å²) < 4.78 is 5.58. The number of aromatic nitrogens is 1. The molecule has 0 bridgehead atoms. The van der Waals surface area contributed by atoms with Gasteiger partial charge in [-0.25, -0.2) is 0 Å². The molecule has 5 heteroatoms. The number of hydrogen-bond donors (Lipinski definition) is 1. The predicted molar refractivity (Wildman–Crippen MR) is 80.4 cm³/mol. The molecular weight excluding hydrogens is 259 g/mol. The van der Waals surface area contributed by atoms with E-state index >= 15 is 0 Å². The standard InChI is InChI=1S/C14H23N2O2P/c1-3-19(4-2)8-6-5-7-18-13-9-12(14(15)17)10-16-11-13/h9-11H,3-8H2,1-2H3,(H2,15,17). The topological polar surface area (TPSA) is 65.2 Å². The van der Waals surface area contributed by atoms with E-state index in [2.05, 4.69) is 18.8 Å². The molecule has 19 heavy (non-hydrogen) atoms. The molecule has 1 aromatic rings. The number of amides is 1. The molecule has 0 aliphatic rings. The zero-order chi connectivity index (χ0) is 14.1. The molecule has 2 N–H and O–H groups in total. The number of carbonyl (C=O) groups is 1. The van der Waals surface area contributed by atoms with Gasteiger partial charge in [0.1, 0.15) is 5.75 Å². The normalized spacial score (nSPS) is 10.7. The third-order valence-electron chi connectivity index (χ3n) is 3.03. The third-order valence-corrected chi connectivity index (χ3v) is 5.77. The summed E-state index contributed by atoms with van der Waals surface area (Å²) >= 11 is 0. The van der Waals surface area contributed by atoms with Crippen molar-refractivity contribution in [3.05, 3.63) is 24.0 Å². The average Bonchev–Trinajstić information content (AvgIpc) is 2.43. The molecule has 0 aliphatic heterocycles. The number of primary amides is 1. The van der Waals surface area contributed by atoms with Gasteiger partial charge in [0, 0.05) is 6.20 Å². The first-order valence-corrected chi connectivity index (χ1v) is 8.67. The molecule has 106 valence electrons. The van der Waals surface area contributed by atoms with Crippen molar-refractivity contribution in [1.82, 2.24) is 4.98 Å². The van der Waals surface area contributed by atoms with Gasteiger partial charge in [0.2, 0.25) is 5.91 Å². The van der Waals surface area contributed by atoms with Crippen LogP contribution < -0.4 is 10.5 Å². The van der Waals surface area contributed by atoms with Gasteiger partial charge in [-0.1, -0.05) is 13.8 Å². The van der Waals surface area contributed by atoms with E-state index in [1.54, 1.807) is 12.3 Å². The third kappa shape index (κ3) is 6.02. The Kier molecular flexibility index (Phi) is 7.42. The summed E-state index contributed by atoms with van der Waals surface area (Å²) in [5, 5.41) is 0. The average molecular weight is 282 g/mol. The summed E-state index contributed by atoms with van der Waals surface area (Å²) in [6.07, 6.45) is 9.26. The summed E-state index contributed by atoms with van der Waals surface area (Å²) in [4.78, 5) is 14.9. The van der Waals surface area contributed by atoms with Crippen LogP contribution in [0.25, 0.3) is 0 Å². The van der Waals surface area contributed by atoms with Gasteiger partial charge in [0.05, 0.1) is 18.4 Å². The highest BCUT2D eigenvalue weighted by Crippen LogP contribution is 2.34. The lowest BCUT2D eigenvalue weighted by Gasteiger charge is -2.12. The van der Waals surface area contributed by atoms with Gasteiger partial charge in [-0.15, -0.1) is 7.92 Å². The number of nitrogens with two attached hydrogens (primary N) is 1. The van der Waals surface area contributed by atoms with E-state index in [0.29, 0.717) is 17.9 Å². The number of pyridine rings is 1. The summed E-state index contributed by atoms with van der Waals surface area (Å²) in [7, 11) is 0.230. The fourth-order valence-electron chi connectivity index (χ4n) is 1.80. The van der Waals surface area contributed by atoms with E-state index in [0.717, 1.165) is 6.42 Å². The molecule has 1 aromatic heterocycles. The van der Waals surface area contributed by atoms with Gasteiger partial charge in [-0.2, -0.15) is 0 Å². The summed E-state index contributed by atoms with van der Waals surface area (Å²) in [6, 6.07) is 1.64. The molecule has 0 unspecified atom stereocenters. The van der Waals surface area contributed by atoms with E-state index in [9.17, 15) is 4.79 Å². The van der Waals surface area contributed by atoms with Gasteiger partial charge in [-0.05, 0) is 37.4 Å². The highest BCUT2D eigenvalue weighted by Gasteiger charge is 2.04. The highest BCUT2D eigenvalue weighted by molar-refractivity contribution is 7.57. The second-order valence-electron chi connectivity index (χ2n) is 4.36. The van der Waals surface area contributed by atoms with Crippen molar-refractivity contribution in [3.8, 4) is 5.75 Å². The molecular formula is C14H23N2O2P. The Morgan fingerprint density at radius 2 is 2.05 bits per heavy atom. The Hall–Kier alpha value is -1.15. The fourth-order valence-corrected chi connectivity index (χ4v) is 3.55. The summed E-state index contributed by atoms with van der Waals surface area (Å²) in [5.41, 5.74) is 5.58. The van der Waals surface area contributed by atoms with Crippen LogP contribution in [0.15, 0.2) is 18.5 Å². The van der Waals surface area contributed by atoms with Crippen molar-refractivity contribution in [2.75, 3.05) is 25.1 Å². The van der Waals surface area contributed by atoms with Crippen LogP contribution >= 0.6 is 7.92 Å². The predicted octanol–water partition coefficient (Wildman–Crippen LogP) is 2.86. The van der Waals surface area contributed by atoms with Gasteiger partial charge < -0.3 is 10.5 Å². The number of carbonyl (C=O) groups excluding carboxylic acids is 1. The summed E-state index contributed by atoms with van der Waals surface area (Å²) in [6.45, 7) is 5.21. The Balaban J connectivity index is 2.26. The van der Waals surface area contributed by atoms with Crippen LogP contribution in [0.3, 0.4) is 0 Å². The summed E-state index contributed by atoms with van der Waals surface area (Å²) in [5.74, 6) is 0.138. The molecule has 0 saturated heterocycles. The zero-order valence-electron chi connectivity index (χ0n) is 11.8. The lowest BCUT2D eigenvalue weighted by atomic mass is 10.2. The first kappa shape index (κ1) is 15.9. The van der Waals surface area contributed by atoms with Crippen LogP contribution in [0.2, 0.25) is 0 Å². The smallest absolute Gasteiger partial charge is 0.250 e. The number of ether oxygens (including phenoxy) is 1. The van der Waals surface area contributed by atoms with E-state index < -0.39 is 5.91 Å². The first-order valence-electron chi connectivity index (χ1n) is 6.77. The van der Waals surface area contributed by atoms with Crippen LogP contribution in [-0.2, 0) is 0 Å². The molecule has 0 aromatic carbocycles. The molecule has 0 saturated carbocycles. The van der Waals surface area contributed by atoms with Crippen molar-refractivity contribution in [3.63, 3.8) is 0 Å². The van der Waals surface area contributed by atoms with Crippen LogP contribution in [0.5, 0.6) is 5.75 Å². The molecule has 4 nitrogen and oxygen atoms in total. The van der Waals surface area contributed by atoms with Gasteiger partial charge in [0.15, 0.2) is 0 Å². The minimum Gasteiger partial charge on any atom is -0.492 e. The molecule has 0 spiro atoms. The molecule has 0 aliphatic carbocycles. The molecule has 1 rings (SSSR count). The molecule has 0 fully saturated rings. The largest absolute Gasteiger partial charge is 0.492 e. The van der Waals surface area contributed by atoms with E-state index in [1.807, 2.05) is 0 Å². The van der Waals surface area contributed by atoms with Crippen molar-refractivity contribution >= 4 is 13.8 Å². The lowest BCUT2D eigenvalue weighted by Crippen LogP contribution is -2.11. The van der Waals surface area contributed by atoms with Crippen molar-refractivity contribution in [2.24, 2.45) is 5.73 Å². The molecule has 0 radical (unpaired) electrons. The van der Waals surface area contributed by atoms with Crippen molar-refractivity contribution < 1.29 is 9.53 Å². The Labute approximate surface area is 116 Å². The minimum absolute atomic E-state index is 0.230. The number of unbranched alkanes of at least 4 members (excludes halogenated alkanes) is 1. The Bertz CT molecular complexity index is 395. The molecule has 1 heterocycles. The zero-order valence-corrected chi connectivity index (χ0v) is 12.7. The van der Waals surface area contributed by atoms with Crippen LogP contribution in [0.4, 0.5) is 0 Å². The number of rotatable bonds is 9. The molecule has 1 amide bonds. The van der Waals surface area contributed by atoms with Crippen molar-refractivity contribution in [1.29, 1.82) is 0 Å². The van der Waals surface area contributed by atoms with Crippen LogP contribution in [-0.4, -0.2) is 36.0 Å². The van der Waals surface area contributed by atoms with Gasteiger partial charge in [-0.3, -0.25) is 9.78 Å². The Morgan fingerprint density at radius 1 is 1.32 bits per heavy atom. The van der Waals surface area contributed by atoms with E-state index in [-0.39, 0.29) is 7.92 Å². The van der Waals surface area contributed by atoms with Gasteiger partial charge >= 0.3 is 0 Å². The quantitative estimate of drug-likeness (QED) is 0.559. The Morgan fingerprint density at radius 3 is 2.68 bits per heavy atom. The minimum atomic E-state index is -0.477. The maximum Gasteiger partial charge on any atom is 0.250 e. The number of hydrogen-bond acceptors (Lipinski definition) is 3. The maximum absolute atomic E-state index is 11.0. The fraction of sp³-hybridized carbons (Fsp3) is 0.571. The second kappa shape index (κ2) is 8.87. The van der Waals surface area contributed by atoms with E-state index in [4.69, 9.17) is 10.5 Å². The van der Waals surface area contributed by atoms with Crippen LogP contribution in [0, 0.1) is 0 Å². The first-order chi connectivity index (χ1) is 9.17. The molecule has 0 atom stereocenters. The maximum atomic E-state index is 11.0. The lowest BCUT2D eigenvalue weighted by molar-refractivity contribution is 0.0999. The van der Waals surface area contributed by atoms with Gasteiger partial charge in [0.25, 0.3) is 0 Å². The SMILES string of the molecule is CCP(CC)CCCCOc1cncc(C(N)=O)c1. The monoisotopic (exact) mass is 282 g/mol.